The van der Waals surface area contributed by atoms with Gasteiger partial charge in [0.25, 0.3) is 0 Å². The maximum atomic E-state index is 11.9. The lowest BCUT2D eigenvalue weighted by Gasteiger charge is -2.26. The molecule has 2 rings (SSSR count). The molecule has 2 aromatic rings. The molecule has 0 aliphatic heterocycles. The molecule has 110 valence electrons. The molecule has 0 aliphatic carbocycles. The monoisotopic (exact) mass is 289 g/mol. The van der Waals surface area contributed by atoms with Gasteiger partial charge in [-0.1, -0.05) is 35.5 Å². The Labute approximate surface area is 120 Å². The second-order valence-corrected chi connectivity index (χ2v) is 4.59. The van der Waals surface area contributed by atoms with E-state index in [4.69, 9.17) is 0 Å². The number of nitrogens with zero attached hydrogens (tertiary/aromatic N) is 1. The van der Waals surface area contributed by atoms with Crippen molar-refractivity contribution in [2.45, 2.75) is 19.0 Å². The van der Waals surface area contributed by atoms with Gasteiger partial charge in [0.05, 0.1) is 6.54 Å². The summed E-state index contributed by atoms with van der Waals surface area (Å²) in [6, 6.07) is 9.49. The molecule has 1 unspecified atom stereocenters. The number of carboxylic acid groups (broad SMARTS) is 1. The van der Waals surface area contributed by atoms with Crippen LogP contribution in [0, 0.1) is 0 Å². The smallest absolute Gasteiger partial charge is 0.333 e. The average molecular weight is 289 g/mol. The second kappa shape index (κ2) is 6.08. The van der Waals surface area contributed by atoms with Crippen molar-refractivity contribution in [3.8, 4) is 0 Å². The van der Waals surface area contributed by atoms with Gasteiger partial charge in [0.1, 0.15) is 12.0 Å². The van der Waals surface area contributed by atoms with E-state index < -0.39 is 17.5 Å². The van der Waals surface area contributed by atoms with E-state index in [1.807, 2.05) is 0 Å². The van der Waals surface area contributed by atoms with Crippen LogP contribution in [0.1, 0.15) is 18.2 Å². The van der Waals surface area contributed by atoms with Crippen LogP contribution in [0.15, 0.2) is 47.2 Å². The lowest BCUT2D eigenvalue weighted by molar-refractivity contribution is -0.144. The molecule has 0 aliphatic rings. The third-order valence-corrected chi connectivity index (χ3v) is 3.06. The largest absolute Gasteiger partial charge is 0.479 e. The highest BCUT2D eigenvalue weighted by atomic mass is 16.5. The molecule has 0 spiro atoms. The highest BCUT2D eigenvalue weighted by Gasteiger charge is 2.36. The minimum Gasteiger partial charge on any atom is -0.479 e. The van der Waals surface area contributed by atoms with Gasteiger partial charge in [-0.05, 0) is 12.5 Å². The molecule has 3 N–H and O–H groups in total. The van der Waals surface area contributed by atoms with Crippen molar-refractivity contribution >= 4 is 12.0 Å². The predicted octanol–water partition coefficient (Wildman–Crippen LogP) is 1.47. The number of rotatable bonds is 5. The highest BCUT2D eigenvalue weighted by molar-refractivity contribution is 5.87. The Morgan fingerprint density at radius 1 is 1.29 bits per heavy atom. The van der Waals surface area contributed by atoms with Crippen LogP contribution in [0.25, 0.3) is 0 Å². The highest BCUT2D eigenvalue weighted by Crippen LogP contribution is 2.20. The summed E-state index contributed by atoms with van der Waals surface area (Å²) in [5.74, 6) is -1.15. The number of aliphatic carboxylic acids is 1. The minimum atomic E-state index is -1.52. The topological polar surface area (TPSA) is 104 Å². The number of hydrogen-bond acceptors (Lipinski definition) is 4. The number of amides is 2. The van der Waals surface area contributed by atoms with E-state index in [0.717, 1.165) is 0 Å². The third kappa shape index (κ3) is 3.38. The van der Waals surface area contributed by atoms with Crippen molar-refractivity contribution in [1.82, 2.24) is 15.8 Å². The molecule has 0 radical (unpaired) electrons. The van der Waals surface area contributed by atoms with Crippen LogP contribution < -0.4 is 10.6 Å². The molecule has 7 nitrogen and oxygen atoms in total. The van der Waals surface area contributed by atoms with Crippen LogP contribution in [0.4, 0.5) is 4.79 Å². The lowest BCUT2D eigenvalue weighted by Crippen LogP contribution is -2.52. The predicted molar refractivity (Wildman–Crippen MR) is 73.3 cm³/mol. The summed E-state index contributed by atoms with van der Waals surface area (Å²) in [5.41, 5.74) is -0.495. The van der Waals surface area contributed by atoms with Crippen LogP contribution in [0.5, 0.6) is 0 Å². The molecule has 1 aromatic heterocycles. The maximum Gasteiger partial charge on any atom is 0.333 e. The summed E-state index contributed by atoms with van der Waals surface area (Å²) < 4.78 is 4.64. The molecule has 1 aromatic carbocycles. The Morgan fingerprint density at radius 2 is 2.00 bits per heavy atom. The number of carbonyl (C=O) groups is 2. The summed E-state index contributed by atoms with van der Waals surface area (Å²) in [5, 5.41) is 18.1. The van der Waals surface area contributed by atoms with Gasteiger partial charge in [0.2, 0.25) is 0 Å². The van der Waals surface area contributed by atoms with Crippen molar-refractivity contribution in [1.29, 1.82) is 0 Å². The molecular formula is C14H15N3O4. The first-order chi connectivity index (χ1) is 10.0. The van der Waals surface area contributed by atoms with E-state index in [1.165, 1.54) is 13.2 Å². The first-order valence-corrected chi connectivity index (χ1v) is 6.26. The van der Waals surface area contributed by atoms with E-state index in [9.17, 15) is 14.7 Å². The Balaban J connectivity index is 2.06. The molecule has 2 amide bonds. The van der Waals surface area contributed by atoms with E-state index >= 15 is 0 Å². The molecule has 21 heavy (non-hydrogen) atoms. The Bertz CT molecular complexity index is 612. The van der Waals surface area contributed by atoms with Crippen molar-refractivity contribution in [2.75, 3.05) is 0 Å². The van der Waals surface area contributed by atoms with Crippen LogP contribution in [0.2, 0.25) is 0 Å². The standard InChI is InChI=1S/C14H15N3O4/c1-14(12(18)19,10-5-3-2-4-6-10)16-13(20)15-9-11-7-8-21-17-11/h2-8H,9H2,1H3,(H,18,19)(H2,15,16,20). The van der Waals surface area contributed by atoms with Gasteiger partial charge >= 0.3 is 12.0 Å². The first kappa shape index (κ1) is 14.6. The normalized spacial score (nSPS) is 13.2. The number of carboxylic acids is 1. The lowest BCUT2D eigenvalue weighted by atomic mass is 9.92. The summed E-state index contributed by atoms with van der Waals surface area (Å²) in [7, 11) is 0. The average Bonchev–Trinajstić information content (AvgIpc) is 2.99. The van der Waals surface area contributed by atoms with Gasteiger partial charge in [0.15, 0.2) is 5.54 Å². The molecule has 0 saturated carbocycles. The number of benzene rings is 1. The molecule has 1 heterocycles. The van der Waals surface area contributed by atoms with Gasteiger partial charge in [-0.15, -0.1) is 0 Å². The maximum absolute atomic E-state index is 11.9. The summed E-state index contributed by atoms with van der Waals surface area (Å²) >= 11 is 0. The second-order valence-electron chi connectivity index (χ2n) is 4.59. The molecular weight excluding hydrogens is 274 g/mol. The zero-order chi connectivity index (χ0) is 15.3. The quantitative estimate of drug-likeness (QED) is 0.773. The molecule has 0 bridgehead atoms. The SMILES string of the molecule is CC(NC(=O)NCc1ccon1)(C(=O)O)c1ccccc1. The fourth-order valence-corrected chi connectivity index (χ4v) is 1.79. The Kier molecular flexibility index (Phi) is 4.22. The summed E-state index contributed by atoms with van der Waals surface area (Å²) in [6.07, 6.45) is 1.39. The Hall–Kier alpha value is -2.83. The van der Waals surface area contributed by atoms with Gasteiger partial charge < -0.3 is 20.3 Å². The van der Waals surface area contributed by atoms with Gasteiger partial charge in [-0.3, -0.25) is 0 Å². The number of nitrogens with one attached hydrogen (secondary N) is 2. The van der Waals surface area contributed by atoms with Gasteiger partial charge in [0, 0.05) is 6.07 Å². The summed E-state index contributed by atoms with van der Waals surface area (Å²) in [4.78, 5) is 23.4. The van der Waals surface area contributed by atoms with Crippen LogP contribution in [-0.4, -0.2) is 22.3 Å². The van der Waals surface area contributed by atoms with Crippen molar-refractivity contribution < 1.29 is 19.2 Å². The van der Waals surface area contributed by atoms with Crippen molar-refractivity contribution in [3.63, 3.8) is 0 Å². The van der Waals surface area contributed by atoms with E-state index in [0.29, 0.717) is 11.3 Å². The van der Waals surface area contributed by atoms with Crippen LogP contribution >= 0.6 is 0 Å². The number of carbonyl (C=O) groups excluding carboxylic acids is 1. The van der Waals surface area contributed by atoms with Crippen LogP contribution in [0.3, 0.4) is 0 Å². The van der Waals surface area contributed by atoms with E-state index in [-0.39, 0.29) is 6.54 Å². The fraction of sp³-hybridized carbons (Fsp3) is 0.214. The minimum absolute atomic E-state index is 0.146. The van der Waals surface area contributed by atoms with E-state index in [2.05, 4.69) is 20.3 Å². The first-order valence-electron chi connectivity index (χ1n) is 6.26. The molecule has 1 atom stereocenters. The zero-order valence-electron chi connectivity index (χ0n) is 11.4. The zero-order valence-corrected chi connectivity index (χ0v) is 11.4. The van der Waals surface area contributed by atoms with Crippen molar-refractivity contribution in [2.24, 2.45) is 0 Å². The molecule has 0 saturated heterocycles. The Morgan fingerprint density at radius 3 is 2.57 bits per heavy atom. The van der Waals surface area contributed by atoms with E-state index in [1.54, 1.807) is 36.4 Å². The number of urea groups is 1. The number of hydrogen-bond donors (Lipinski definition) is 3. The van der Waals surface area contributed by atoms with Crippen LogP contribution in [-0.2, 0) is 16.9 Å². The molecule has 0 fully saturated rings. The van der Waals surface area contributed by atoms with Crippen molar-refractivity contribution in [3.05, 3.63) is 53.9 Å². The summed E-state index contributed by atoms with van der Waals surface area (Å²) in [6.45, 7) is 1.58. The van der Waals surface area contributed by atoms with Gasteiger partial charge in [-0.2, -0.15) is 0 Å². The number of aromatic nitrogens is 1. The molecule has 7 heteroatoms. The fourth-order valence-electron chi connectivity index (χ4n) is 1.79. The van der Waals surface area contributed by atoms with Gasteiger partial charge in [-0.25, -0.2) is 9.59 Å². The third-order valence-electron chi connectivity index (χ3n) is 3.06.